The summed E-state index contributed by atoms with van der Waals surface area (Å²) in [6, 6.07) is 13.9. The molecule has 0 unspecified atom stereocenters. The Bertz CT molecular complexity index is 1150. The van der Waals surface area contributed by atoms with Gasteiger partial charge in [0.2, 0.25) is 17.3 Å². The molecule has 8 nitrogen and oxygen atoms in total. The normalized spacial score (nSPS) is 10.8. The molecule has 1 aromatic carbocycles. The second-order valence-corrected chi connectivity index (χ2v) is 5.83. The molecule has 134 valence electrons. The van der Waals surface area contributed by atoms with Crippen molar-refractivity contribution in [2.75, 3.05) is 6.54 Å². The number of carbonyl (C=O) groups excluding carboxylic acids is 1. The fourth-order valence-corrected chi connectivity index (χ4v) is 2.73. The topological polar surface area (TPSA) is 114 Å². The first-order valence-electron chi connectivity index (χ1n) is 8.35. The van der Waals surface area contributed by atoms with Crippen molar-refractivity contribution in [1.82, 2.24) is 25.4 Å². The predicted molar refractivity (Wildman–Crippen MR) is 98.1 cm³/mol. The molecule has 4 rings (SSSR count). The number of hydrogen-bond acceptors (Lipinski definition) is 6. The van der Waals surface area contributed by atoms with Gasteiger partial charge in [0, 0.05) is 36.1 Å². The average Bonchev–Trinajstić information content (AvgIpc) is 3.17. The van der Waals surface area contributed by atoms with Gasteiger partial charge in [-0.2, -0.15) is 4.98 Å². The van der Waals surface area contributed by atoms with Gasteiger partial charge in [0.25, 0.3) is 5.91 Å². The second kappa shape index (κ2) is 7.20. The third-order valence-corrected chi connectivity index (χ3v) is 3.98. The third kappa shape index (κ3) is 3.59. The van der Waals surface area contributed by atoms with E-state index in [0.29, 0.717) is 46.8 Å². The van der Waals surface area contributed by atoms with Crippen LogP contribution in [0.25, 0.3) is 22.4 Å². The number of hydrogen-bond donors (Lipinski definition) is 2. The second-order valence-electron chi connectivity index (χ2n) is 5.83. The van der Waals surface area contributed by atoms with Gasteiger partial charge in [-0.15, -0.1) is 0 Å². The van der Waals surface area contributed by atoms with Crippen LogP contribution in [0.1, 0.15) is 16.2 Å². The highest BCUT2D eigenvalue weighted by atomic mass is 16.5. The van der Waals surface area contributed by atoms with Crippen molar-refractivity contribution in [3.63, 3.8) is 0 Å². The minimum Gasteiger partial charge on any atom is -0.351 e. The Labute approximate surface area is 153 Å². The first kappa shape index (κ1) is 16.6. The molecule has 0 saturated carbocycles. The maximum Gasteiger partial charge on any atom is 0.252 e. The molecule has 0 fully saturated rings. The van der Waals surface area contributed by atoms with Gasteiger partial charge < -0.3 is 14.8 Å². The Morgan fingerprint density at radius 3 is 2.85 bits per heavy atom. The fraction of sp³-hybridized carbons (Fsp3) is 0.105. The van der Waals surface area contributed by atoms with Gasteiger partial charge in [-0.05, 0) is 18.2 Å². The first-order chi connectivity index (χ1) is 13.2. The molecule has 27 heavy (non-hydrogen) atoms. The van der Waals surface area contributed by atoms with Crippen LogP contribution in [0, 0.1) is 0 Å². The van der Waals surface area contributed by atoms with Gasteiger partial charge in [0.1, 0.15) is 5.69 Å². The van der Waals surface area contributed by atoms with E-state index >= 15 is 0 Å². The molecule has 0 spiro atoms. The zero-order chi connectivity index (χ0) is 18.6. The SMILES string of the molecule is O=C(NCCc1nc(-c2ccccn2)no1)c1cc(=O)[nH]c2ccccc12. The van der Waals surface area contributed by atoms with Crippen LogP contribution in [0.4, 0.5) is 0 Å². The highest BCUT2D eigenvalue weighted by Crippen LogP contribution is 2.15. The van der Waals surface area contributed by atoms with Crippen LogP contribution < -0.4 is 10.9 Å². The summed E-state index contributed by atoms with van der Waals surface area (Å²) in [5, 5.41) is 7.35. The fourth-order valence-electron chi connectivity index (χ4n) is 2.73. The summed E-state index contributed by atoms with van der Waals surface area (Å²) in [6.45, 7) is 0.295. The van der Waals surface area contributed by atoms with Crippen molar-refractivity contribution < 1.29 is 9.32 Å². The predicted octanol–water partition coefficient (Wildman–Crippen LogP) is 1.95. The van der Waals surface area contributed by atoms with Crippen molar-refractivity contribution in [3.05, 3.63) is 76.5 Å². The maximum atomic E-state index is 12.5. The molecule has 0 aliphatic carbocycles. The van der Waals surface area contributed by atoms with Crippen LogP contribution in [0.3, 0.4) is 0 Å². The minimum atomic E-state index is -0.332. The van der Waals surface area contributed by atoms with E-state index in [2.05, 4.69) is 25.4 Å². The number of H-pyrrole nitrogens is 1. The molecule has 0 atom stereocenters. The van der Waals surface area contributed by atoms with Crippen LogP contribution in [0.2, 0.25) is 0 Å². The number of nitrogens with zero attached hydrogens (tertiary/aromatic N) is 3. The molecule has 0 aliphatic heterocycles. The van der Waals surface area contributed by atoms with E-state index < -0.39 is 0 Å². The van der Waals surface area contributed by atoms with Crippen LogP contribution in [0.5, 0.6) is 0 Å². The molecular weight excluding hydrogens is 346 g/mol. The van der Waals surface area contributed by atoms with Crippen LogP contribution in [-0.4, -0.2) is 32.6 Å². The number of para-hydroxylation sites is 1. The van der Waals surface area contributed by atoms with E-state index in [-0.39, 0.29) is 11.5 Å². The van der Waals surface area contributed by atoms with Crippen LogP contribution in [0.15, 0.2) is 64.0 Å². The van der Waals surface area contributed by atoms with Crippen molar-refractivity contribution in [2.24, 2.45) is 0 Å². The number of amides is 1. The van der Waals surface area contributed by atoms with Crippen molar-refractivity contribution in [3.8, 4) is 11.5 Å². The number of fused-ring (bicyclic) bond motifs is 1. The van der Waals surface area contributed by atoms with Crippen molar-refractivity contribution >= 4 is 16.8 Å². The van der Waals surface area contributed by atoms with Crippen molar-refractivity contribution in [1.29, 1.82) is 0 Å². The molecule has 3 aromatic heterocycles. The summed E-state index contributed by atoms with van der Waals surface area (Å²) < 4.78 is 5.19. The summed E-state index contributed by atoms with van der Waals surface area (Å²) in [6.07, 6.45) is 2.02. The van der Waals surface area contributed by atoms with Crippen LogP contribution >= 0.6 is 0 Å². The van der Waals surface area contributed by atoms with E-state index in [0.717, 1.165) is 0 Å². The molecule has 3 heterocycles. The number of aromatic nitrogens is 4. The highest BCUT2D eigenvalue weighted by Gasteiger charge is 2.13. The van der Waals surface area contributed by atoms with Gasteiger partial charge in [-0.1, -0.05) is 29.4 Å². The van der Waals surface area contributed by atoms with E-state index in [4.69, 9.17) is 4.52 Å². The molecule has 2 N–H and O–H groups in total. The Hall–Kier alpha value is -3.81. The van der Waals surface area contributed by atoms with Gasteiger partial charge in [0.05, 0.1) is 5.56 Å². The Balaban J connectivity index is 1.44. The number of benzene rings is 1. The van der Waals surface area contributed by atoms with Crippen LogP contribution in [-0.2, 0) is 6.42 Å². The molecule has 8 heteroatoms. The third-order valence-electron chi connectivity index (χ3n) is 3.98. The molecule has 1 amide bonds. The molecule has 4 aromatic rings. The number of carbonyl (C=O) groups is 1. The lowest BCUT2D eigenvalue weighted by Crippen LogP contribution is -2.27. The summed E-state index contributed by atoms with van der Waals surface area (Å²) in [5.74, 6) is 0.464. The zero-order valence-corrected chi connectivity index (χ0v) is 14.2. The number of nitrogens with one attached hydrogen (secondary N) is 2. The van der Waals surface area contributed by atoms with E-state index in [9.17, 15) is 9.59 Å². The molecule has 0 aliphatic rings. The quantitative estimate of drug-likeness (QED) is 0.562. The first-order valence-corrected chi connectivity index (χ1v) is 8.35. The minimum absolute atomic E-state index is 0.295. The largest absolute Gasteiger partial charge is 0.351 e. The Kier molecular flexibility index (Phi) is 4.44. The monoisotopic (exact) mass is 361 g/mol. The lowest BCUT2D eigenvalue weighted by Gasteiger charge is -2.06. The van der Waals surface area contributed by atoms with Crippen molar-refractivity contribution in [2.45, 2.75) is 6.42 Å². The Morgan fingerprint density at radius 1 is 1.15 bits per heavy atom. The molecule has 0 bridgehead atoms. The summed E-state index contributed by atoms with van der Waals surface area (Å²) in [4.78, 5) is 35.4. The number of aromatic amines is 1. The summed E-state index contributed by atoms with van der Waals surface area (Å²) in [5.41, 5.74) is 1.24. The van der Waals surface area contributed by atoms with Gasteiger partial charge >= 0.3 is 0 Å². The maximum absolute atomic E-state index is 12.5. The number of pyridine rings is 2. The summed E-state index contributed by atoms with van der Waals surface area (Å²) in [7, 11) is 0. The standard InChI is InChI=1S/C19H15N5O3/c25-16-11-13(12-5-1-2-6-14(12)22-16)19(26)21-10-8-17-23-18(24-27-17)15-7-3-4-9-20-15/h1-7,9,11H,8,10H2,(H,21,26)(H,22,25). The molecule has 0 radical (unpaired) electrons. The lowest BCUT2D eigenvalue weighted by molar-refractivity contribution is 0.0955. The lowest BCUT2D eigenvalue weighted by atomic mass is 10.1. The van der Waals surface area contributed by atoms with Gasteiger partial charge in [-0.25, -0.2) is 0 Å². The van der Waals surface area contributed by atoms with E-state index in [1.807, 2.05) is 12.1 Å². The smallest absolute Gasteiger partial charge is 0.252 e. The number of rotatable bonds is 5. The van der Waals surface area contributed by atoms with Gasteiger partial charge in [-0.3, -0.25) is 14.6 Å². The van der Waals surface area contributed by atoms with E-state index in [1.165, 1.54) is 6.07 Å². The van der Waals surface area contributed by atoms with Gasteiger partial charge in [0.15, 0.2) is 0 Å². The molecule has 0 saturated heterocycles. The highest BCUT2D eigenvalue weighted by molar-refractivity contribution is 6.05. The summed E-state index contributed by atoms with van der Waals surface area (Å²) >= 11 is 0. The zero-order valence-electron chi connectivity index (χ0n) is 14.2. The Morgan fingerprint density at radius 2 is 2.00 bits per heavy atom. The molecular formula is C19H15N5O3. The van der Waals surface area contributed by atoms with E-state index in [1.54, 1.807) is 36.5 Å². The average molecular weight is 361 g/mol.